The number of aliphatic hydroxyl groups is 1. The van der Waals surface area contributed by atoms with E-state index in [9.17, 15) is 5.11 Å². The van der Waals surface area contributed by atoms with Gasteiger partial charge in [-0.1, -0.05) is 11.6 Å². The van der Waals surface area contributed by atoms with E-state index in [1.54, 1.807) is 33.6 Å². The molecule has 0 saturated carbocycles. The number of hydrogen-bond acceptors (Lipinski definition) is 4. The van der Waals surface area contributed by atoms with Gasteiger partial charge in [-0.05, 0) is 57.4 Å². The minimum atomic E-state index is -1.01. The standard InChI is InChI=1S/C17H18BClNO3/c1-16(2,21)17(3,4)23-18-14-11(19)7-8-12-13(14)10-6-5-9-20-15(10)22-12/h5-9,21H,1-4H3. The van der Waals surface area contributed by atoms with Crippen molar-refractivity contribution in [3.8, 4) is 0 Å². The molecule has 3 aromatic rings. The molecule has 2 heterocycles. The molecule has 0 aliphatic carbocycles. The zero-order chi connectivity index (χ0) is 16.8. The second-order valence-corrected chi connectivity index (χ2v) is 7.00. The van der Waals surface area contributed by atoms with Crippen LogP contribution in [-0.2, 0) is 4.65 Å². The van der Waals surface area contributed by atoms with E-state index < -0.39 is 11.2 Å². The number of fused-ring (bicyclic) bond motifs is 3. The second kappa shape index (κ2) is 5.51. The zero-order valence-electron chi connectivity index (χ0n) is 13.6. The van der Waals surface area contributed by atoms with Crippen LogP contribution in [0.25, 0.3) is 22.1 Å². The summed E-state index contributed by atoms with van der Waals surface area (Å²) in [6.07, 6.45) is 1.68. The third-order valence-corrected chi connectivity index (χ3v) is 4.68. The minimum Gasteiger partial charge on any atom is -0.438 e. The molecule has 1 aromatic carbocycles. The summed E-state index contributed by atoms with van der Waals surface area (Å²) in [5, 5.41) is 12.5. The van der Waals surface area contributed by atoms with Crippen LogP contribution >= 0.6 is 11.6 Å². The average Bonchev–Trinajstić information content (AvgIpc) is 2.84. The number of halogens is 1. The Hall–Kier alpha value is -1.56. The fraction of sp³-hybridized carbons (Fsp3) is 0.353. The van der Waals surface area contributed by atoms with Gasteiger partial charge in [0.25, 0.3) is 0 Å². The van der Waals surface area contributed by atoms with Crippen molar-refractivity contribution in [1.29, 1.82) is 0 Å². The van der Waals surface area contributed by atoms with Crippen LogP contribution < -0.4 is 5.46 Å². The number of rotatable bonds is 4. The molecule has 4 nitrogen and oxygen atoms in total. The third-order valence-electron chi connectivity index (χ3n) is 4.35. The fourth-order valence-corrected chi connectivity index (χ4v) is 2.37. The van der Waals surface area contributed by atoms with Crippen LogP contribution in [0.4, 0.5) is 0 Å². The summed E-state index contributed by atoms with van der Waals surface area (Å²) in [5.41, 5.74) is 0.175. The Morgan fingerprint density at radius 2 is 1.96 bits per heavy atom. The number of pyridine rings is 1. The van der Waals surface area contributed by atoms with Gasteiger partial charge in [-0.15, -0.1) is 0 Å². The van der Waals surface area contributed by atoms with E-state index in [0.29, 0.717) is 21.8 Å². The summed E-state index contributed by atoms with van der Waals surface area (Å²) >= 11 is 6.37. The number of benzene rings is 1. The normalized spacial score (nSPS) is 13.0. The van der Waals surface area contributed by atoms with Crippen molar-refractivity contribution in [1.82, 2.24) is 4.98 Å². The summed E-state index contributed by atoms with van der Waals surface area (Å²) in [6, 6.07) is 7.36. The first-order valence-corrected chi connectivity index (χ1v) is 7.78. The van der Waals surface area contributed by atoms with Crippen LogP contribution in [0, 0.1) is 0 Å². The van der Waals surface area contributed by atoms with Crippen LogP contribution in [0.2, 0.25) is 5.02 Å². The predicted molar refractivity (Wildman–Crippen MR) is 93.4 cm³/mol. The molecular formula is C17H18BClNO3. The molecule has 0 atom stereocenters. The largest absolute Gasteiger partial charge is 0.438 e. The summed E-state index contributed by atoms with van der Waals surface area (Å²) in [5.74, 6) is 0. The minimum absolute atomic E-state index is 0.551. The van der Waals surface area contributed by atoms with E-state index in [1.165, 1.54) is 0 Å². The molecule has 1 N–H and O–H groups in total. The lowest BCUT2D eigenvalue weighted by Gasteiger charge is -2.37. The number of furan rings is 1. The van der Waals surface area contributed by atoms with Gasteiger partial charge in [-0.3, -0.25) is 0 Å². The van der Waals surface area contributed by atoms with E-state index >= 15 is 0 Å². The van der Waals surface area contributed by atoms with Gasteiger partial charge in [0.2, 0.25) is 5.71 Å². The van der Waals surface area contributed by atoms with E-state index in [-0.39, 0.29) is 0 Å². The fourth-order valence-electron chi connectivity index (χ4n) is 2.17. The van der Waals surface area contributed by atoms with Crippen LogP contribution in [0.5, 0.6) is 0 Å². The van der Waals surface area contributed by atoms with E-state index in [2.05, 4.69) is 4.98 Å². The number of aromatic nitrogens is 1. The quantitative estimate of drug-likeness (QED) is 0.745. The van der Waals surface area contributed by atoms with Crippen molar-refractivity contribution >= 4 is 46.6 Å². The molecule has 0 unspecified atom stereocenters. The average molecular weight is 331 g/mol. The predicted octanol–water partition coefficient (Wildman–Crippen LogP) is 3.45. The van der Waals surface area contributed by atoms with Gasteiger partial charge in [-0.2, -0.15) is 0 Å². The first-order valence-electron chi connectivity index (χ1n) is 7.40. The Kier molecular flexibility index (Phi) is 3.91. The van der Waals surface area contributed by atoms with E-state index in [0.717, 1.165) is 10.8 Å². The maximum Gasteiger partial charge on any atom is 0.333 e. The highest BCUT2D eigenvalue weighted by atomic mass is 35.5. The van der Waals surface area contributed by atoms with Gasteiger partial charge >= 0.3 is 7.48 Å². The molecule has 6 heteroatoms. The van der Waals surface area contributed by atoms with Crippen LogP contribution in [-0.4, -0.2) is 28.8 Å². The number of nitrogens with zero attached hydrogens (tertiary/aromatic N) is 1. The Labute approximate surface area is 140 Å². The first-order chi connectivity index (χ1) is 10.7. The van der Waals surface area contributed by atoms with Crippen molar-refractivity contribution in [2.24, 2.45) is 0 Å². The maximum absolute atomic E-state index is 10.2. The van der Waals surface area contributed by atoms with Crippen molar-refractivity contribution in [3.63, 3.8) is 0 Å². The highest BCUT2D eigenvalue weighted by Gasteiger charge is 2.36. The van der Waals surface area contributed by atoms with Gasteiger partial charge in [-0.25, -0.2) is 4.98 Å². The molecule has 0 saturated heterocycles. The summed E-state index contributed by atoms with van der Waals surface area (Å²) < 4.78 is 11.6. The van der Waals surface area contributed by atoms with Crippen molar-refractivity contribution in [3.05, 3.63) is 35.5 Å². The molecule has 119 valence electrons. The molecule has 0 amide bonds. The molecule has 0 bridgehead atoms. The van der Waals surface area contributed by atoms with Crippen molar-refractivity contribution < 1.29 is 14.2 Å². The molecule has 0 aliphatic rings. The molecule has 23 heavy (non-hydrogen) atoms. The maximum atomic E-state index is 10.2. The Morgan fingerprint density at radius 3 is 2.65 bits per heavy atom. The van der Waals surface area contributed by atoms with Crippen LogP contribution in [0.15, 0.2) is 34.9 Å². The Morgan fingerprint density at radius 1 is 1.22 bits per heavy atom. The lowest BCUT2D eigenvalue weighted by Crippen LogP contribution is -2.49. The molecule has 0 spiro atoms. The molecule has 0 fully saturated rings. The first kappa shape index (κ1) is 16.3. The summed E-state index contributed by atoms with van der Waals surface area (Å²) in [7, 11) is 1.59. The van der Waals surface area contributed by atoms with Gasteiger partial charge in [0.15, 0.2) is 0 Å². The highest BCUT2D eigenvalue weighted by Crippen LogP contribution is 2.29. The third kappa shape index (κ3) is 2.85. The summed E-state index contributed by atoms with van der Waals surface area (Å²) in [6.45, 7) is 7.07. The van der Waals surface area contributed by atoms with Gasteiger partial charge in [0.1, 0.15) is 5.58 Å². The van der Waals surface area contributed by atoms with E-state index in [4.69, 9.17) is 20.7 Å². The Bertz CT molecular complexity index is 867. The molecule has 1 radical (unpaired) electrons. The van der Waals surface area contributed by atoms with Gasteiger partial charge < -0.3 is 14.2 Å². The molecular weight excluding hydrogens is 312 g/mol. The monoisotopic (exact) mass is 330 g/mol. The highest BCUT2D eigenvalue weighted by molar-refractivity contribution is 6.58. The topological polar surface area (TPSA) is 55.5 Å². The zero-order valence-corrected chi connectivity index (χ0v) is 14.3. The lowest BCUT2D eigenvalue weighted by atomic mass is 9.80. The Balaban J connectivity index is 2.08. The molecule has 0 aliphatic heterocycles. The van der Waals surface area contributed by atoms with E-state index in [1.807, 2.05) is 32.0 Å². The summed E-state index contributed by atoms with van der Waals surface area (Å²) in [4.78, 5) is 4.23. The van der Waals surface area contributed by atoms with Gasteiger partial charge in [0, 0.05) is 22.0 Å². The van der Waals surface area contributed by atoms with Crippen molar-refractivity contribution in [2.45, 2.75) is 38.9 Å². The van der Waals surface area contributed by atoms with Gasteiger partial charge in [0.05, 0.1) is 11.2 Å². The van der Waals surface area contributed by atoms with Crippen LogP contribution in [0.1, 0.15) is 27.7 Å². The molecule has 2 aromatic heterocycles. The number of hydrogen-bond donors (Lipinski definition) is 1. The molecule has 3 rings (SSSR count). The SMILES string of the molecule is CC(C)(O)C(C)(C)O[B]c1c(Cl)ccc2oc3ncccc3c12. The second-order valence-electron chi connectivity index (χ2n) is 6.60. The smallest absolute Gasteiger partial charge is 0.333 e. The van der Waals surface area contributed by atoms with Crippen molar-refractivity contribution in [2.75, 3.05) is 0 Å². The lowest BCUT2D eigenvalue weighted by molar-refractivity contribution is -0.0893. The van der Waals surface area contributed by atoms with Crippen LogP contribution in [0.3, 0.4) is 0 Å².